The Morgan fingerprint density at radius 3 is 2.59 bits per heavy atom. The van der Waals surface area contributed by atoms with E-state index >= 15 is 0 Å². The van der Waals surface area contributed by atoms with Crippen molar-refractivity contribution in [2.75, 3.05) is 38.7 Å². The van der Waals surface area contributed by atoms with E-state index in [4.69, 9.17) is 15.2 Å². The van der Waals surface area contributed by atoms with Crippen LogP contribution in [0.3, 0.4) is 0 Å². The third-order valence-corrected chi connectivity index (χ3v) is 3.69. The molecule has 0 saturated carbocycles. The molecule has 0 bridgehead atoms. The van der Waals surface area contributed by atoms with Crippen molar-refractivity contribution in [2.24, 2.45) is 10.7 Å². The molecule has 1 aromatic carbocycles. The summed E-state index contributed by atoms with van der Waals surface area (Å²) in [6.45, 7) is 11.4. The van der Waals surface area contributed by atoms with E-state index in [1.165, 1.54) is 5.56 Å². The first-order chi connectivity index (χ1) is 12.6. The minimum atomic E-state index is -0.548. The van der Waals surface area contributed by atoms with E-state index in [1.54, 1.807) is 12.0 Å². The monoisotopic (exact) mass is 378 g/mol. The van der Waals surface area contributed by atoms with Crippen LogP contribution in [-0.2, 0) is 9.47 Å². The van der Waals surface area contributed by atoms with Crippen molar-refractivity contribution in [1.29, 1.82) is 0 Å². The topological polar surface area (TPSA) is 89.2 Å². The smallest absolute Gasteiger partial charge is 0.410 e. The van der Waals surface area contributed by atoms with Gasteiger partial charge in [0.1, 0.15) is 5.60 Å². The zero-order valence-electron chi connectivity index (χ0n) is 17.4. The number of hydrogen-bond acceptors (Lipinski definition) is 4. The highest BCUT2D eigenvalue weighted by Crippen LogP contribution is 2.18. The van der Waals surface area contributed by atoms with Crippen molar-refractivity contribution in [2.45, 2.75) is 46.1 Å². The molecule has 0 heterocycles. The summed E-state index contributed by atoms with van der Waals surface area (Å²) in [5.41, 5.74) is 7.55. The van der Waals surface area contributed by atoms with Crippen molar-refractivity contribution < 1.29 is 14.3 Å². The maximum Gasteiger partial charge on any atom is 0.410 e. The Kier molecular flexibility index (Phi) is 9.08. The molecule has 0 saturated heterocycles. The Labute approximate surface area is 162 Å². The molecule has 3 N–H and O–H groups in total. The second-order valence-corrected chi connectivity index (χ2v) is 7.63. The third kappa shape index (κ3) is 9.28. The molecule has 0 radical (unpaired) electrons. The van der Waals surface area contributed by atoms with E-state index in [9.17, 15) is 4.79 Å². The molecule has 27 heavy (non-hydrogen) atoms. The van der Waals surface area contributed by atoms with Gasteiger partial charge in [0.2, 0.25) is 0 Å². The first kappa shape index (κ1) is 22.8. The van der Waals surface area contributed by atoms with Gasteiger partial charge < -0.3 is 25.4 Å². The number of nitrogens with zero attached hydrogens (tertiary/aromatic N) is 2. The minimum absolute atomic E-state index is 0.312. The average Bonchev–Trinajstić information content (AvgIpc) is 2.56. The zero-order valence-corrected chi connectivity index (χ0v) is 17.4. The van der Waals surface area contributed by atoms with Gasteiger partial charge in [-0.2, -0.15) is 0 Å². The fraction of sp³-hybridized carbons (Fsp3) is 0.600. The highest BCUT2D eigenvalue weighted by molar-refractivity contribution is 5.92. The molecule has 7 heteroatoms. The number of carbonyl (C=O) groups excluding carboxylic acids is 1. The number of rotatable bonds is 8. The second kappa shape index (κ2) is 10.8. The number of aliphatic imine (C=N–C) groups is 1. The van der Waals surface area contributed by atoms with Crippen LogP contribution in [0.2, 0.25) is 0 Å². The van der Waals surface area contributed by atoms with Crippen LogP contribution in [0.15, 0.2) is 29.3 Å². The predicted molar refractivity (Wildman–Crippen MR) is 110 cm³/mol. The number of nitrogens with two attached hydrogens (primary N) is 1. The van der Waals surface area contributed by atoms with Crippen LogP contribution in [0.25, 0.3) is 0 Å². The van der Waals surface area contributed by atoms with E-state index in [0.717, 1.165) is 5.69 Å². The van der Waals surface area contributed by atoms with Crippen molar-refractivity contribution in [3.8, 4) is 0 Å². The molecule has 1 rings (SSSR count). The number of anilines is 1. The summed E-state index contributed by atoms with van der Waals surface area (Å²) in [6, 6.07) is 8.07. The molecular formula is C20H34N4O3. The highest BCUT2D eigenvalue weighted by Gasteiger charge is 2.21. The van der Waals surface area contributed by atoms with E-state index in [2.05, 4.69) is 36.3 Å². The van der Waals surface area contributed by atoms with Gasteiger partial charge >= 0.3 is 6.09 Å². The van der Waals surface area contributed by atoms with Gasteiger partial charge in [-0.3, -0.25) is 4.99 Å². The SMILES string of the molecule is COCCN(CCN=C(N)Nc1cccc(C(C)C)c1)C(=O)OC(C)(C)C. The summed E-state index contributed by atoms with van der Waals surface area (Å²) in [4.78, 5) is 18.2. The molecule has 7 nitrogen and oxygen atoms in total. The maximum absolute atomic E-state index is 12.3. The van der Waals surface area contributed by atoms with E-state index < -0.39 is 5.60 Å². The average molecular weight is 379 g/mol. The van der Waals surface area contributed by atoms with Crippen LogP contribution in [0.5, 0.6) is 0 Å². The van der Waals surface area contributed by atoms with Crippen molar-refractivity contribution in [3.63, 3.8) is 0 Å². The van der Waals surface area contributed by atoms with Crippen molar-refractivity contribution in [1.82, 2.24) is 4.90 Å². The lowest BCUT2D eigenvalue weighted by Gasteiger charge is -2.26. The summed E-state index contributed by atoms with van der Waals surface area (Å²) in [7, 11) is 1.60. The zero-order chi connectivity index (χ0) is 20.4. The molecule has 1 aromatic rings. The van der Waals surface area contributed by atoms with Gasteiger partial charge in [-0.15, -0.1) is 0 Å². The summed E-state index contributed by atoms with van der Waals surface area (Å²) >= 11 is 0. The van der Waals surface area contributed by atoms with Gasteiger partial charge in [-0.05, 0) is 44.4 Å². The van der Waals surface area contributed by atoms with Crippen molar-refractivity contribution in [3.05, 3.63) is 29.8 Å². The largest absolute Gasteiger partial charge is 0.444 e. The van der Waals surface area contributed by atoms with Gasteiger partial charge in [-0.25, -0.2) is 4.79 Å². The van der Waals surface area contributed by atoms with E-state index in [0.29, 0.717) is 38.1 Å². The van der Waals surface area contributed by atoms with Crippen LogP contribution in [0.1, 0.15) is 46.1 Å². The maximum atomic E-state index is 12.3. The first-order valence-corrected chi connectivity index (χ1v) is 9.26. The Hall–Kier alpha value is -2.28. The number of ether oxygens (including phenoxy) is 2. The third-order valence-electron chi connectivity index (χ3n) is 3.69. The number of benzene rings is 1. The lowest BCUT2D eigenvalue weighted by atomic mass is 10.0. The van der Waals surface area contributed by atoms with Crippen LogP contribution in [-0.4, -0.2) is 55.9 Å². The van der Waals surface area contributed by atoms with E-state index in [1.807, 2.05) is 32.9 Å². The van der Waals surface area contributed by atoms with Crippen molar-refractivity contribution >= 4 is 17.7 Å². The number of guanidine groups is 1. The number of carbonyl (C=O) groups is 1. The van der Waals surface area contributed by atoms with Crippen LogP contribution in [0.4, 0.5) is 10.5 Å². The van der Waals surface area contributed by atoms with Gasteiger partial charge in [0.15, 0.2) is 5.96 Å². The lowest BCUT2D eigenvalue weighted by Crippen LogP contribution is -2.40. The molecule has 0 aliphatic carbocycles. The van der Waals surface area contributed by atoms with Gasteiger partial charge in [0, 0.05) is 25.9 Å². The first-order valence-electron chi connectivity index (χ1n) is 9.26. The Morgan fingerprint density at radius 2 is 2.00 bits per heavy atom. The standard InChI is InChI=1S/C20H34N4O3/c1-15(2)16-8-7-9-17(14-16)23-18(21)22-10-11-24(12-13-26-6)19(25)27-20(3,4)5/h7-9,14-15H,10-13H2,1-6H3,(H3,21,22,23). The summed E-state index contributed by atoms with van der Waals surface area (Å²) in [6.07, 6.45) is -0.383. The highest BCUT2D eigenvalue weighted by atomic mass is 16.6. The molecule has 0 aliphatic heterocycles. The Balaban J connectivity index is 2.63. The molecule has 0 aliphatic rings. The number of amides is 1. The number of methoxy groups -OCH3 is 1. The second-order valence-electron chi connectivity index (χ2n) is 7.63. The van der Waals surface area contributed by atoms with Gasteiger partial charge in [0.25, 0.3) is 0 Å². The molecule has 0 spiro atoms. The molecule has 1 amide bonds. The quantitative estimate of drug-likeness (QED) is 0.534. The van der Waals surface area contributed by atoms with Crippen LogP contribution < -0.4 is 11.1 Å². The van der Waals surface area contributed by atoms with E-state index in [-0.39, 0.29) is 6.09 Å². The van der Waals surface area contributed by atoms with Gasteiger partial charge in [-0.1, -0.05) is 26.0 Å². The summed E-state index contributed by atoms with van der Waals surface area (Å²) in [5.74, 6) is 0.750. The number of nitrogens with one attached hydrogen (secondary N) is 1. The molecule has 0 fully saturated rings. The Morgan fingerprint density at radius 1 is 1.30 bits per heavy atom. The molecule has 0 atom stereocenters. The predicted octanol–water partition coefficient (Wildman–Crippen LogP) is 3.42. The minimum Gasteiger partial charge on any atom is -0.444 e. The molecule has 152 valence electrons. The Bertz CT molecular complexity index is 624. The molecular weight excluding hydrogens is 344 g/mol. The fourth-order valence-electron chi connectivity index (χ4n) is 2.28. The van der Waals surface area contributed by atoms with Crippen LogP contribution >= 0.6 is 0 Å². The lowest BCUT2D eigenvalue weighted by molar-refractivity contribution is 0.0208. The fourth-order valence-corrected chi connectivity index (χ4v) is 2.28. The molecule has 0 aromatic heterocycles. The molecule has 0 unspecified atom stereocenters. The summed E-state index contributed by atoms with van der Waals surface area (Å²) < 4.78 is 10.5. The number of hydrogen-bond donors (Lipinski definition) is 2. The normalized spacial score (nSPS) is 12.2. The van der Waals surface area contributed by atoms with Crippen LogP contribution in [0, 0.1) is 0 Å². The van der Waals surface area contributed by atoms with Gasteiger partial charge in [0.05, 0.1) is 13.2 Å². The summed E-state index contributed by atoms with van der Waals surface area (Å²) in [5, 5.41) is 3.09.